The number of aromatic nitrogens is 1. The van der Waals surface area contributed by atoms with Crippen LogP contribution in [-0.4, -0.2) is 19.5 Å². The molecule has 0 radical (unpaired) electrons. The first-order valence-corrected chi connectivity index (χ1v) is 6.73. The van der Waals surface area contributed by atoms with E-state index in [0.717, 1.165) is 0 Å². The Morgan fingerprint density at radius 2 is 1.95 bits per heavy atom. The van der Waals surface area contributed by atoms with Gasteiger partial charge in [-0.15, -0.1) is 0 Å². The summed E-state index contributed by atoms with van der Waals surface area (Å²) in [5.41, 5.74) is 5.79. The van der Waals surface area contributed by atoms with Gasteiger partial charge in [-0.1, -0.05) is 5.16 Å². The minimum Gasteiger partial charge on any atom is -0.399 e. The summed E-state index contributed by atoms with van der Waals surface area (Å²) in [7, 11) is -3.95. The molecule has 2 aromatic rings. The smallest absolute Gasteiger partial charge is 0.287 e. The van der Waals surface area contributed by atoms with Gasteiger partial charge in [0.2, 0.25) is 0 Å². The first-order valence-electron chi connectivity index (χ1n) is 5.24. The number of rotatable bonds is 3. The highest BCUT2D eigenvalue weighted by Gasteiger charge is 2.20. The predicted molar refractivity (Wildman–Crippen MR) is 66.7 cm³/mol. The van der Waals surface area contributed by atoms with E-state index < -0.39 is 15.9 Å². The van der Waals surface area contributed by atoms with Gasteiger partial charge in [-0.2, -0.15) is 0 Å². The molecule has 0 saturated heterocycles. The number of carbonyl (C=O) groups excluding carboxylic acids is 1. The Labute approximate surface area is 109 Å². The summed E-state index contributed by atoms with van der Waals surface area (Å²) in [6, 6.07) is 6.81. The molecule has 7 nitrogen and oxygen atoms in total. The summed E-state index contributed by atoms with van der Waals surface area (Å²) >= 11 is 0. The van der Waals surface area contributed by atoms with Crippen molar-refractivity contribution in [3.8, 4) is 0 Å². The molecule has 1 amide bonds. The van der Waals surface area contributed by atoms with Crippen molar-refractivity contribution in [2.45, 2.75) is 11.8 Å². The molecule has 0 unspecified atom stereocenters. The number of aryl methyl sites for hydroxylation is 1. The minimum absolute atomic E-state index is 0.0599. The van der Waals surface area contributed by atoms with Gasteiger partial charge in [0, 0.05) is 11.8 Å². The molecule has 0 bridgehead atoms. The molecule has 3 N–H and O–H groups in total. The van der Waals surface area contributed by atoms with Gasteiger partial charge < -0.3 is 10.3 Å². The maximum Gasteiger partial charge on any atom is 0.287 e. The second kappa shape index (κ2) is 4.73. The van der Waals surface area contributed by atoms with Crippen molar-refractivity contribution in [1.29, 1.82) is 0 Å². The monoisotopic (exact) mass is 281 g/mol. The van der Waals surface area contributed by atoms with Crippen LogP contribution in [0.3, 0.4) is 0 Å². The summed E-state index contributed by atoms with van der Waals surface area (Å²) in [4.78, 5) is 11.6. The van der Waals surface area contributed by atoms with Crippen molar-refractivity contribution in [2.24, 2.45) is 0 Å². The van der Waals surface area contributed by atoms with E-state index >= 15 is 0 Å². The van der Waals surface area contributed by atoms with Crippen LogP contribution in [0.1, 0.15) is 16.2 Å². The Kier molecular flexibility index (Phi) is 3.26. The van der Waals surface area contributed by atoms with Crippen LogP contribution in [0.5, 0.6) is 0 Å². The Morgan fingerprint density at radius 1 is 1.32 bits per heavy atom. The molecular formula is C11H11N3O4S. The number of hydrogen-bond donors (Lipinski definition) is 2. The van der Waals surface area contributed by atoms with Crippen LogP contribution >= 0.6 is 0 Å². The molecule has 1 aromatic heterocycles. The zero-order valence-electron chi connectivity index (χ0n) is 9.95. The molecule has 0 atom stereocenters. The summed E-state index contributed by atoms with van der Waals surface area (Å²) in [5.74, 6) is -0.441. The van der Waals surface area contributed by atoms with E-state index in [0.29, 0.717) is 11.4 Å². The van der Waals surface area contributed by atoms with Gasteiger partial charge >= 0.3 is 0 Å². The summed E-state index contributed by atoms with van der Waals surface area (Å²) < 4.78 is 30.4. The Balaban J connectivity index is 2.22. The van der Waals surface area contributed by atoms with E-state index in [9.17, 15) is 13.2 Å². The van der Waals surface area contributed by atoms with Gasteiger partial charge in [-0.25, -0.2) is 13.1 Å². The Morgan fingerprint density at radius 3 is 2.47 bits per heavy atom. The predicted octanol–water partition coefficient (Wildman–Crippen LogP) is 0.684. The van der Waals surface area contributed by atoms with Gasteiger partial charge in [0.25, 0.3) is 15.9 Å². The van der Waals surface area contributed by atoms with Crippen LogP contribution in [0.15, 0.2) is 39.8 Å². The van der Waals surface area contributed by atoms with E-state index in [1.54, 1.807) is 6.92 Å². The molecule has 0 aliphatic carbocycles. The van der Waals surface area contributed by atoms with Gasteiger partial charge in [-0.05, 0) is 31.2 Å². The highest BCUT2D eigenvalue weighted by molar-refractivity contribution is 7.90. The van der Waals surface area contributed by atoms with Crippen molar-refractivity contribution >= 4 is 21.6 Å². The number of anilines is 1. The molecule has 0 aliphatic rings. The van der Waals surface area contributed by atoms with E-state index in [1.807, 2.05) is 4.72 Å². The third-order valence-corrected chi connectivity index (χ3v) is 3.62. The first-order chi connectivity index (χ1) is 8.88. The molecule has 19 heavy (non-hydrogen) atoms. The topological polar surface area (TPSA) is 115 Å². The normalized spacial score (nSPS) is 11.2. The van der Waals surface area contributed by atoms with Gasteiger partial charge in [-0.3, -0.25) is 4.79 Å². The maximum absolute atomic E-state index is 11.9. The SMILES string of the molecule is Cc1cc(C(=O)NS(=O)(=O)c2ccc(N)cc2)no1. The van der Waals surface area contributed by atoms with Crippen LogP contribution < -0.4 is 10.5 Å². The Hall–Kier alpha value is -2.35. The second-order valence-electron chi connectivity index (χ2n) is 3.83. The molecule has 0 aliphatic heterocycles. The molecule has 0 saturated carbocycles. The highest BCUT2D eigenvalue weighted by atomic mass is 32.2. The second-order valence-corrected chi connectivity index (χ2v) is 5.51. The molecule has 8 heteroatoms. The quantitative estimate of drug-likeness (QED) is 0.799. The van der Waals surface area contributed by atoms with Crippen molar-refractivity contribution in [1.82, 2.24) is 9.88 Å². The largest absolute Gasteiger partial charge is 0.399 e. The number of nitrogens with one attached hydrogen (secondary N) is 1. The molecule has 0 fully saturated rings. The van der Waals surface area contributed by atoms with E-state index in [2.05, 4.69) is 5.16 Å². The number of nitrogens with two attached hydrogens (primary N) is 1. The lowest BCUT2D eigenvalue weighted by Crippen LogP contribution is -2.30. The fraction of sp³-hybridized carbons (Fsp3) is 0.0909. The number of nitrogens with zero attached hydrogens (tertiary/aromatic N) is 1. The van der Waals surface area contributed by atoms with Crippen LogP contribution in [0.25, 0.3) is 0 Å². The number of benzene rings is 1. The van der Waals surface area contributed by atoms with Crippen LogP contribution in [0.4, 0.5) is 5.69 Å². The molecule has 1 aromatic carbocycles. The van der Waals surface area contributed by atoms with Crippen LogP contribution in [0.2, 0.25) is 0 Å². The van der Waals surface area contributed by atoms with Gasteiger partial charge in [0.15, 0.2) is 5.69 Å². The number of carbonyl (C=O) groups is 1. The number of nitrogen functional groups attached to an aromatic ring is 1. The zero-order valence-corrected chi connectivity index (χ0v) is 10.8. The lowest BCUT2D eigenvalue weighted by atomic mass is 10.3. The van der Waals surface area contributed by atoms with Gasteiger partial charge in [0.05, 0.1) is 4.90 Å². The molecule has 0 spiro atoms. The van der Waals surface area contributed by atoms with Crippen LogP contribution in [-0.2, 0) is 10.0 Å². The van der Waals surface area contributed by atoms with Gasteiger partial charge in [0.1, 0.15) is 5.76 Å². The number of hydrogen-bond acceptors (Lipinski definition) is 6. The van der Waals surface area contributed by atoms with E-state index in [1.165, 1.54) is 30.3 Å². The molecule has 2 rings (SSSR count). The van der Waals surface area contributed by atoms with Crippen molar-refractivity contribution in [3.63, 3.8) is 0 Å². The summed E-state index contributed by atoms with van der Waals surface area (Å²) in [5, 5.41) is 3.44. The summed E-state index contributed by atoms with van der Waals surface area (Å²) in [6.45, 7) is 1.60. The third kappa shape index (κ3) is 2.91. The highest BCUT2D eigenvalue weighted by Crippen LogP contribution is 2.12. The number of sulfonamides is 1. The van der Waals surface area contributed by atoms with E-state index in [4.69, 9.17) is 10.3 Å². The van der Waals surface area contributed by atoms with Crippen molar-refractivity contribution in [3.05, 3.63) is 41.8 Å². The third-order valence-electron chi connectivity index (χ3n) is 2.28. The molecular weight excluding hydrogens is 270 g/mol. The lowest BCUT2D eigenvalue weighted by molar-refractivity contribution is 0.0972. The molecule has 1 heterocycles. The van der Waals surface area contributed by atoms with Crippen LogP contribution in [0, 0.1) is 6.92 Å². The fourth-order valence-corrected chi connectivity index (χ4v) is 2.31. The van der Waals surface area contributed by atoms with Crippen molar-refractivity contribution in [2.75, 3.05) is 5.73 Å². The summed E-state index contributed by atoms with van der Waals surface area (Å²) in [6.07, 6.45) is 0. The zero-order chi connectivity index (χ0) is 14.0. The average molecular weight is 281 g/mol. The molecule has 100 valence electrons. The van der Waals surface area contributed by atoms with Crippen molar-refractivity contribution < 1.29 is 17.7 Å². The Bertz CT molecular complexity index is 704. The maximum atomic E-state index is 11.9. The average Bonchev–Trinajstić information content (AvgIpc) is 2.76. The standard InChI is InChI=1S/C11H11N3O4S/c1-7-6-10(13-18-7)11(15)14-19(16,17)9-4-2-8(12)3-5-9/h2-6H,12H2,1H3,(H,14,15). The number of amides is 1. The minimum atomic E-state index is -3.95. The lowest BCUT2D eigenvalue weighted by Gasteiger charge is -2.05. The first kappa shape index (κ1) is 13.1. The van der Waals surface area contributed by atoms with E-state index in [-0.39, 0.29) is 10.6 Å². The fourth-order valence-electron chi connectivity index (χ4n) is 1.35.